The van der Waals surface area contributed by atoms with E-state index in [1.165, 1.54) is 6.07 Å². The number of fused-ring (bicyclic) bond motifs is 1. The molecule has 0 saturated heterocycles. The van der Waals surface area contributed by atoms with Gasteiger partial charge in [-0.25, -0.2) is 8.78 Å². The van der Waals surface area contributed by atoms with Crippen molar-refractivity contribution in [1.29, 1.82) is 0 Å². The van der Waals surface area contributed by atoms with Crippen LogP contribution in [0.3, 0.4) is 0 Å². The molecule has 0 amide bonds. The molecule has 3 nitrogen and oxygen atoms in total. The van der Waals surface area contributed by atoms with E-state index in [4.69, 9.17) is 5.11 Å². The van der Waals surface area contributed by atoms with E-state index < -0.39 is 23.6 Å². The summed E-state index contributed by atoms with van der Waals surface area (Å²) in [6, 6.07) is 1.59. The Morgan fingerprint density at radius 3 is 2.90 bits per heavy atom. The van der Waals surface area contributed by atoms with E-state index in [1.54, 1.807) is 0 Å². The first-order chi connectivity index (χ1) is 9.51. The number of nitrogens with one attached hydrogen (secondary N) is 1. The minimum atomic E-state index is -0.878. The van der Waals surface area contributed by atoms with Crippen LogP contribution < -0.4 is 5.32 Å². The van der Waals surface area contributed by atoms with E-state index in [2.05, 4.69) is 5.32 Å². The van der Waals surface area contributed by atoms with Crippen LogP contribution in [0.5, 0.6) is 0 Å². The lowest BCUT2D eigenvalue weighted by Crippen LogP contribution is -2.45. The first-order valence-corrected chi connectivity index (χ1v) is 6.97. The summed E-state index contributed by atoms with van der Waals surface area (Å²) >= 11 is 0. The maximum Gasteiger partial charge on any atom is 0.320 e. The molecule has 110 valence electrons. The van der Waals surface area contributed by atoms with Gasteiger partial charge in [-0.15, -0.1) is 0 Å². The Morgan fingerprint density at radius 1 is 1.50 bits per heavy atom. The van der Waals surface area contributed by atoms with Gasteiger partial charge in [0.1, 0.15) is 17.7 Å². The van der Waals surface area contributed by atoms with Gasteiger partial charge in [-0.2, -0.15) is 0 Å². The zero-order chi connectivity index (χ0) is 14.7. The maximum atomic E-state index is 13.8. The Bertz CT molecular complexity index is 505. The van der Waals surface area contributed by atoms with Crippen molar-refractivity contribution in [3.8, 4) is 0 Å². The first-order valence-electron chi connectivity index (χ1n) is 6.97. The van der Waals surface area contributed by atoms with E-state index >= 15 is 0 Å². The third kappa shape index (κ3) is 3.33. The van der Waals surface area contributed by atoms with Crippen LogP contribution in [-0.2, 0) is 17.6 Å². The molecule has 2 N–H and O–H groups in total. The fraction of sp³-hybridized carbons (Fsp3) is 0.533. The Morgan fingerprint density at radius 2 is 2.25 bits per heavy atom. The van der Waals surface area contributed by atoms with Crippen LogP contribution in [0, 0.1) is 11.6 Å². The van der Waals surface area contributed by atoms with Gasteiger partial charge in [0.2, 0.25) is 0 Å². The zero-order valence-electron chi connectivity index (χ0n) is 11.5. The van der Waals surface area contributed by atoms with Gasteiger partial charge in [0.05, 0.1) is 0 Å². The van der Waals surface area contributed by atoms with Crippen molar-refractivity contribution in [3.63, 3.8) is 0 Å². The topological polar surface area (TPSA) is 49.3 Å². The fourth-order valence-corrected chi connectivity index (χ4v) is 2.78. The van der Waals surface area contributed by atoms with Crippen LogP contribution in [0.25, 0.3) is 0 Å². The quantitative estimate of drug-likeness (QED) is 0.873. The van der Waals surface area contributed by atoms with Crippen molar-refractivity contribution in [2.24, 2.45) is 0 Å². The highest BCUT2D eigenvalue weighted by atomic mass is 19.1. The van der Waals surface area contributed by atoms with Gasteiger partial charge in [0.15, 0.2) is 0 Å². The van der Waals surface area contributed by atoms with Crippen LogP contribution in [0.4, 0.5) is 8.78 Å². The number of carbonyl (C=O) groups is 1. The Labute approximate surface area is 117 Å². The van der Waals surface area contributed by atoms with Gasteiger partial charge in [-0.05, 0) is 42.9 Å². The molecule has 1 aromatic carbocycles. The molecule has 1 aromatic rings. The van der Waals surface area contributed by atoms with Crippen molar-refractivity contribution >= 4 is 5.97 Å². The third-order valence-electron chi connectivity index (χ3n) is 3.78. The standard InChI is InChI=1S/C15H19F2NO2/c1-2-3-14(15(19)20)18-11-5-4-9-6-10(16)7-13(17)12(9)8-11/h6-7,11,14,18H,2-5,8H2,1H3,(H,19,20)/t11?,14-/m0/s1. The van der Waals surface area contributed by atoms with Crippen molar-refractivity contribution in [2.45, 2.75) is 51.1 Å². The molecule has 5 heteroatoms. The van der Waals surface area contributed by atoms with Crippen molar-refractivity contribution < 1.29 is 18.7 Å². The molecule has 0 bridgehead atoms. The molecule has 20 heavy (non-hydrogen) atoms. The lowest BCUT2D eigenvalue weighted by molar-refractivity contribution is -0.139. The monoisotopic (exact) mass is 283 g/mol. The van der Waals surface area contributed by atoms with Gasteiger partial charge >= 0.3 is 5.97 Å². The fourth-order valence-electron chi connectivity index (χ4n) is 2.78. The SMILES string of the molecule is CCC[C@H](NC1CCc2cc(F)cc(F)c2C1)C(=O)O. The molecular weight excluding hydrogens is 264 g/mol. The summed E-state index contributed by atoms with van der Waals surface area (Å²) in [6.07, 6.45) is 3.00. The predicted octanol–water partition coefficient (Wildman–Crippen LogP) is 2.67. The summed E-state index contributed by atoms with van der Waals surface area (Å²) in [6.45, 7) is 1.93. The van der Waals surface area contributed by atoms with Crippen LogP contribution in [0.2, 0.25) is 0 Å². The number of halogens is 2. The number of benzene rings is 1. The van der Waals surface area contributed by atoms with Crippen molar-refractivity contribution in [3.05, 3.63) is 34.9 Å². The number of rotatable bonds is 5. The third-order valence-corrected chi connectivity index (χ3v) is 3.78. The Hall–Kier alpha value is -1.49. The predicted molar refractivity (Wildman–Crippen MR) is 71.6 cm³/mol. The highest BCUT2D eigenvalue weighted by molar-refractivity contribution is 5.73. The molecule has 2 rings (SSSR count). The molecule has 1 aliphatic carbocycles. The van der Waals surface area contributed by atoms with E-state index in [0.717, 1.165) is 12.5 Å². The Kier molecular flexibility index (Phi) is 4.70. The molecule has 1 aliphatic rings. The average Bonchev–Trinajstić information content (AvgIpc) is 2.38. The lowest BCUT2D eigenvalue weighted by Gasteiger charge is -2.28. The summed E-state index contributed by atoms with van der Waals surface area (Å²) < 4.78 is 26.9. The van der Waals surface area contributed by atoms with Crippen molar-refractivity contribution in [2.75, 3.05) is 0 Å². The molecule has 2 atom stereocenters. The summed E-state index contributed by atoms with van der Waals surface area (Å²) in [5, 5.41) is 12.2. The normalized spacial score (nSPS) is 19.4. The minimum Gasteiger partial charge on any atom is -0.480 e. The van der Waals surface area contributed by atoms with Crippen LogP contribution >= 0.6 is 0 Å². The Balaban J connectivity index is 2.09. The summed E-state index contributed by atoms with van der Waals surface area (Å²) in [7, 11) is 0. The van der Waals surface area contributed by atoms with E-state index in [1.807, 2.05) is 6.92 Å². The number of hydrogen-bond acceptors (Lipinski definition) is 2. The van der Waals surface area contributed by atoms with Gasteiger partial charge in [-0.3, -0.25) is 4.79 Å². The summed E-state index contributed by atoms with van der Waals surface area (Å²) in [5.41, 5.74) is 1.21. The average molecular weight is 283 g/mol. The number of aryl methyl sites for hydroxylation is 1. The second kappa shape index (κ2) is 6.31. The number of carboxylic acids is 1. The molecule has 0 spiro atoms. The molecule has 0 saturated carbocycles. The van der Waals surface area contributed by atoms with Crippen LogP contribution in [-0.4, -0.2) is 23.2 Å². The molecule has 0 heterocycles. The van der Waals surface area contributed by atoms with Gasteiger partial charge in [0, 0.05) is 12.1 Å². The van der Waals surface area contributed by atoms with Gasteiger partial charge < -0.3 is 10.4 Å². The number of aliphatic carboxylic acids is 1. The lowest BCUT2D eigenvalue weighted by atomic mass is 9.87. The summed E-state index contributed by atoms with van der Waals surface area (Å²) in [4.78, 5) is 11.1. The molecule has 0 aromatic heterocycles. The van der Waals surface area contributed by atoms with Gasteiger partial charge in [0.25, 0.3) is 0 Å². The highest BCUT2D eigenvalue weighted by Crippen LogP contribution is 2.25. The molecule has 0 fully saturated rings. The second-order valence-electron chi connectivity index (χ2n) is 5.31. The number of hydrogen-bond donors (Lipinski definition) is 2. The second-order valence-corrected chi connectivity index (χ2v) is 5.31. The largest absolute Gasteiger partial charge is 0.480 e. The zero-order valence-corrected chi connectivity index (χ0v) is 11.5. The maximum absolute atomic E-state index is 13.8. The molecule has 1 unspecified atom stereocenters. The molecule has 0 aliphatic heterocycles. The van der Waals surface area contributed by atoms with E-state index in [-0.39, 0.29) is 6.04 Å². The summed E-state index contributed by atoms with van der Waals surface area (Å²) in [5.74, 6) is -1.96. The van der Waals surface area contributed by atoms with E-state index in [0.29, 0.717) is 36.8 Å². The van der Waals surface area contributed by atoms with Crippen molar-refractivity contribution in [1.82, 2.24) is 5.32 Å². The molecule has 0 radical (unpaired) electrons. The highest BCUT2D eigenvalue weighted by Gasteiger charge is 2.26. The smallest absolute Gasteiger partial charge is 0.320 e. The molecular formula is C15H19F2NO2. The van der Waals surface area contributed by atoms with Crippen LogP contribution in [0.1, 0.15) is 37.3 Å². The first kappa shape index (κ1) is 14.9. The van der Waals surface area contributed by atoms with Crippen LogP contribution in [0.15, 0.2) is 12.1 Å². The number of carboxylic acid groups (broad SMARTS) is 1. The minimum absolute atomic E-state index is 0.0740. The van der Waals surface area contributed by atoms with Gasteiger partial charge in [-0.1, -0.05) is 13.3 Å². The van der Waals surface area contributed by atoms with E-state index in [9.17, 15) is 13.6 Å².